The summed E-state index contributed by atoms with van der Waals surface area (Å²) in [6.07, 6.45) is 1.59. The summed E-state index contributed by atoms with van der Waals surface area (Å²) < 4.78 is 5.19. The van der Waals surface area contributed by atoms with Crippen LogP contribution in [0.1, 0.15) is 35.7 Å². The van der Waals surface area contributed by atoms with Gasteiger partial charge in [0.2, 0.25) is 0 Å². The number of carbonyl (C=O) groups excluding carboxylic acids is 1. The van der Waals surface area contributed by atoms with Gasteiger partial charge in [-0.25, -0.2) is 0 Å². The number of ether oxygens (including phenoxy) is 1. The summed E-state index contributed by atoms with van der Waals surface area (Å²) in [6, 6.07) is 18.0. The van der Waals surface area contributed by atoms with Crippen LogP contribution in [-0.2, 0) is 10.4 Å². The Balaban J connectivity index is 2.07. The van der Waals surface area contributed by atoms with Crippen molar-refractivity contribution in [2.45, 2.75) is 25.4 Å². The number of hydrogen-bond donors (Lipinski definition) is 1. The predicted molar refractivity (Wildman–Crippen MR) is 96.0 cm³/mol. The molecule has 2 aromatic carbocycles. The second-order valence-corrected chi connectivity index (χ2v) is 6.05. The summed E-state index contributed by atoms with van der Waals surface area (Å²) in [6.45, 7) is 3.40. The van der Waals surface area contributed by atoms with Crippen LogP contribution in [0.3, 0.4) is 0 Å². The number of anilines is 1. The van der Waals surface area contributed by atoms with E-state index in [1.165, 1.54) is 0 Å². The lowest BCUT2D eigenvalue weighted by Crippen LogP contribution is -2.57. The SMILES string of the molecule is CCC1(c2ccccc2)Nc2ccccc2C(=O)N1CCCOC. The van der Waals surface area contributed by atoms with E-state index in [4.69, 9.17) is 4.74 Å². The largest absolute Gasteiger partial charge is 0.385 e. The summed E-state index contributed by atoms with van der Waals surface area (Å²) in [7, 11) is 1.69. The number of fused-ring (bicyclic) bond motifs is 1. The number of carbonyl (C=O) groups is 1. The molecule has 4 heteroatoms. The van der Waals surface area contributed by atoms with Crippen molar-refractivity contribution < 1.29 is 9.53 Å². The van der Waals surface area contributed by atoms with Gasteiger partial charge in [-0.05, 0) is 30.5 Å². The first-order chi connectivity index (χ1) is 11.7. The fourth-order valence-electron chi connectivity index (χ4n) is 3.47. The zero-order chi connectivity index (χ0) is 17.0. The molecule has 4 nitrogen and oxygen atoms in total. The average molecular weight is 324 g/mol. The number of nitrogens with one attached hydrogen (secondary N) is 1. The number of hydrogen-bond acceptors (Lipinski definition) is 3. The van der Waals surface area contributed by atoms with E-state index in [2.05, 4.69) is 24.4 Å². The minimum Gasteiger partial charge on any atom is -0.385 e. The Morgan fingerprint density at radius 1 is 1.08 bits per heavy atom. The molecule has 1 N–H and O–H groups in total. The molecule has 0 saturated heterocycles. The summed E-state index contributed by atoms with van der Waals surface area (Å²) in [5.74, 6) is 0.0751. The lowest BCUT2D eigenvalue weighted by Gasteiger charge is -2.48. The fraction of sp³-hybridized carbons (Fsp3) is 0.350. The van der Waals surface area contributed by atoms with Crippen LogP contribution in [0.25, 0.3) is 0 Å². The molecule has 1 heterocycles. The lowest BCUT2D eigenvalue weighted by atomic mass is 9.89. The van der Waals surface area contributed by atoms with Gasteiger partial charge in [-0.3, -0.25) is 4.79 Å². The highest BCUT2D eigenvalue weighted by molar-refractivity contribution is 6.02. The van der Waals surface area contributed by atoms with Gasteiger partial charge in [-0.2, -0.15) is 0 Å². The molecular weight excluding hydrogens is 300 g/mol. The number of para-hydroxylation sites is 1. The van der Waals surface area contributed by atoms with Crippen LogP contribution in [0, 0.1) is 0 Å². The highest BCUT2D eigenvalue weighted by Gasteiger charge is 2.44. The molecule has 1 atom stereocenters. The minimum atomic E-state index is -0.527. The van der Waals surface area contributed by atoms with E-state index >= 15 is 0 Å². The molecule has 0 radical (unpaired) electrons. The Morgan fingerprint density at radius 3 is 2.50 bits per heavy atom. The van der Waals surface area contributed by atoms with Crippen molar-refractivity contribution in [3.8, 4) is 0 Å². The molecule has 0 saturated carbocycles. The van der Waals surface area contributed by atoms with E-state index in [0.717, 1.165) is 29.7 Å². The third-order valence-corrected chi connectivity index (χ3v) is 4.70. The summed E-state index contributed by atoms with van der Waals surface area (Å²) in [5, 5.41) is 3.65. The number of nitrogens with zero attached hydrogens (tertiary/aromatic N) is 1. The van der Waals surface area contributed by atoms with Gasteiger partial charge in [0, 0.05) is 25.9 Å². The van der Waals surface area contributed by atoms with Crippen molar-refractivity contribution in [2.24, 2.45) is 0 Å². The van der Waals surface area contributed by atoms with Gasteiger partial charge < -0.3 is 15.0 Å². The molecule has 1 aliphatic heterocycles. The van der Waals surface area contributed by atoms with Crippen LogP contribution in [0.5, 0.6) is 0 Å². The smallest absolute Gasteiger partial charge is 0.258 e. The number of benzene rings is 2. The van der Waals surface area contributed by atoms with Gasteiger partial charge in [0.1, 0.15) is 5.66 Å². The Bertz CT molecular complexity index is 702. The number of methoxy groups -OCH3 is 1. The van der Waals surface area contributed by atoms with Crippen LogP contribution in [-0.4, -0.2) is 31.1 Å². The second-order valence-electron chi connectivity index (χ2n) is 6.05. The van der Waals surface area contributed by atoms with Crippen LogP contribution < -0.4 is 5.32 Å². The standard InChI is InChI=1S/C20H24N2O2/c1-3-20(16-10-5-4-6-11-16)21-18-13-8-7-12-17(18)19(23)22(20)14-9-15-24-2/h4-8,10-13,21H,3,9,14-15H2,1-2H3. The molecule has 126 valence electrons. The zero-order valence-corrected chi connectivity index (χ0v) is 14.3. The molecule has 0 aromatic heterocycles. The van der Waals surface area contributed by atoms with E-state index in [-0.39, 0.29) is 5.91 Å². The number of amides is 1. The first-order valence-corrected chi connectivity index (χ1v) is 8.46. The molecule has 1 amide bonds. The topological polar surface area (TPSA) is 41.6 Å². The Hall–Kier alpha value is -2.33. The van der Waals surface area contributed by atoms with E-state index in [9.17, 15) is 4.79 Å². The Kier molecular flexibility index (Phi) is 4.86. The van der Waals surface area contributed by atoms with Crippen molar-refractivity contribution in [1.82, 2.24) is 4.90 Å². The maximum absolute atomic E-state index is 13.2. The van der Waals surface area contributed by atoms with Crippen molar-refractivity contribution in [3.05, 3.63) is 65.7 Å². The Labute approximate surface area is 143 Å². The minimum absolute atomic E-state index is 0.0751. The first-order valence-electron chi connectivity index (χ1n) is 8.46. The number of rotatable bonds is 6. The predicted octanol–water partition coefficient (Wildman–Crippen LogP) is 3.85. The van der Waals surface area contributed by atoms with Gasteiger partial charge in [0.05, 0.1) is 5.56 Å². The summed E-state index contributed by atoms with van der Waals surface area (Å²) >= 11 is 0. The molecule has 1 aliphatic rings. The summed E-state index contributed by atoms with van der Waals surface area (Å²) in [4.78, 5) is 15.2. The molecular formula is C20H24N2O2. The van der Waals surface area contributed by atoms with Gasteiger partial charge in [0.25, 0.3) is 5.91 Å². The Morgan fingerprint density at radius 2 is 1.79 bits per heavy atom. The molecule has 0 spiro atoms. The molecule has 2 aromatic rings. The maximum atomic E-state index is 13.2. The second kappa shape index (κ2) is 7.05. The van der Waals surface area contributed by atoms with Gasteiger partial charge >= 0.3 is 0 Å². The quantitative estimate of drug-likeness (QED) is 0.821. The van der Waals surface area contributed by atoms with Crippen molar-refractivity contribution in [2.75, 3.05) is 25.6 Å². The lowest BCUT2D eigenvalue weighted by molar-refractivity contribution is 0.0451. The van der Waals surface area contributed by atoms with E-state index in [1.807, 2.05) is 47.4 Å². The molecule has 24 heavy (non-hydrogen) atoms. The molecule has 0 bridgehead atoms. The van der Waals surface area contributed by atoms with E-state index < -0.39 is 5.66 Å². The third-order valence-electron chi connectivity index (χ3n) is 4.70. The van der Waals surface area contributed by atoms with Gasteiger partial charge in [0.15, 0.2) is 0 Å². The van der Waals surface area contributed by atoms with Crippen LogP contribution in [0.4, 0.5) is 5.69 Å². The third kappa shape index (κ3) is 2.78. The highest BCUT2D eigenvalue weighted by Crippen LogP contribution is 2.40. The highest BCUT2D eigenvalue weighted by atomic mass is 16.5. The first kappa shape index (κ1) is 16.5. The monoisotopic (exact) mass is 324 g/mol. The maximum Gasteiger partial charge on any atom is 0.258 e. The summed E-state index contributed by atoms with van der Waals surface area (Å²) in [5.41, 5.74) is 2.21. The van der Waals surface area contributed by atoms with Crippen LogP contribution >= 0.6 is 0 Å². The molecule has 0 fully saturated rings. The molecule has 3 rings (SSSR count). The van der Waals surface area contributed by atoms with Crippen molar-refractivity contribution in [1.29, 1.82) is 0 Å². The van der Waals surface area contributed by atoms with Crippen LogP contribution in [0.15, 0.2) is 54.6 Å². The van der Waals surface area contributed by atoms with E-state index in [1.54, 1.807) is 7.11 Å². The van der Waals surface area contributed by atoms with Crippen LogP contribution in [0.2, 0.25) is 0 Å². The van der Waals surface area contributed by atoms with E-state index in [0.29, 0.717) is 13.2 Å². The zero-order valence-electron chi connectivity index (χ0n) is 14.3. The average Bonchev–Trinajstić information content (AvgIpc) is 2.64. The van der Waals surface area contributed by atoms with Crippen molar-refractivity contribution >= 4 is 11.6 Å². The molecule has 0 aliphatic carbocycles. The molecule has 1 unspecified atom stereocenters. The fourth-order valence-corrected chi connectivity index (χ4v) is 3.47. The van der Waals surface area contributed by atoms with Gasteiger partial charge in [-0.1, -0.05) is 49.4 Å². The van der Waals surface area contributed by atoms with Gasteiger partial charge in [-0.15, -0.1) is 0 Å². The normalized spacial score (nSPS) is 19.8. The van der Waals surface area contributed by atoms with Crippen molar-refractivity contribution in [3.63, 3.8) is 0 Å².